The summed E-state index contributed by atoms with van der Waals surface area (Å²) < 4.78 is 26.8. The third kappa shape index (κ3) is 4.13. The Bertz CT molecular complexity index is 710. The highest BCUT2D eigenvalue weighted by atomic mass is 19.2. The summed E-state index contributed by atoms with van der Waals surface area (Å²) in [4.78, 5) is 10.3. The van der Waals surface area contributed by atoms with Crippen molar-refractivity contribution in [3.05, 3.63) is 63.7 Å². The highest BCUT2D eigenvalue weighted by molar-refractivity contribution is 5.72. The zero-order chi connectivity index (χ0) is 16.8. The second-order valence-electron chi connectivity index (χ2n) is 4.70. The first-order valence-corrected chi connectivity index (χ1v) is 6.83. The largest absolute Gasteiger partial charge is 0.395 e. The predicted octanol–water partition coefficient (Wildman–Crippen LogP) is 2.89. The number of rotatable bonds is 7. The van der Waals surface area contributed by atoms with Crippen molar-refractivity contribution in [3.63, 3.8) is 0 Å². The zero-order valence-corrected chi connectivity index (χ0v) is 12.1. The Hall–Kier alpha value is -2.74. The molecule has 8 heteroatoms. The summed E-state index contributed by atoms with van der Waals surface area (Å²) in [6.45, 7) is 0.0916. The number of aliphatic hydroxyl groups excluding tert-OH is 1. The van der Waals surface area contributed by atoms with Gasteiger partial charge in [-0.1, -0.05) is 12.1 Å². The lowest BCUT2D eigenvalue weighted by Crippen LogP contribution is -2.10. The summed E-state index contributed by atoms with van der Waals surface area (Å²) in [7, 11) is 0. The molecule has 0 unspecified atom stereocenters. The van der Waals surface area contributed by atoms with Crippen molar-refractivity contribution in [2.45, 2.75) is 6.54 Å². The van der Waals surface area contributed by atoms with Gasteiger partial charge in [-0.05, 0) is 12.1 Å². The number of nitrogens with zero attached hydrogens (tertiary/aromatic N) is 1. The molecular weight excluding hydrogens is 308 g/mol. The van der Waals surface area contributed by atoms with E-state index in [9.17, 15) is 18.9 Å². The zero-order valence-electron chi connectivity index (χ0n) is 12.1. The highest BCUT2D eigenvalue weighted by Gasteiger charge is 2.12. The third-order valence-electron chi connectivity index (χ3n) is 3.14. The van der Waals surface area contributed by atoms with Gasteiger partial charge < -0.3 is 15.7 Å². The minimum atomic E-state index is -0.963. The summed E-state index contributed by atoms with van der Waals surface area (Å²) in [5, 5.41) is 25.4. The summed E-state index contributed by atoms with van der Waals surface area (Å²) in [6, 6.07) is 7.90. The van der Waals surface area contributed by atoms with Crippen LogP contribution in [0.1, 0.15) is 5.56 Å². The number of nitro groups is 1. The average molecular weight is 323 g/mol. The van der Waals surface area contributed by atoms with E-state index in [4.69, 9.17) is 5.11 Å². The monoisotopic (exact) mass is 323 g/mol. The van der Waals surface area contributed by atoms with E-state index in [0.717, 1.165) is 6.07 Å². The van der Waals surface area contributed by atoms with Crippen molar-refractivity contribution >= 4 is 17.1 Å². The minimum Gasteiger partial charge on any atom is -0.395 e. The van der Waals surface area contributed by atoms with E-state index in [2.05, 4.69) is 10.6 Å². The van der Waals surface area contributed by atoms with Crippen molar-refractivity contribution in [2.24, 2.45) is 0 Å². The number of nitro benzene ring substituents is 1. The number of hydrogen-bond acceptors (Lipinski definition) is 5. The maximum Gasteiger partial charge on any atom is 0.271 e. The second kappa shape index (κ2) is 7.50. The highest BCUT2D eigenvalue weighted by Crippen LogP contribution is 2.27. The Morgan fingerprint density at radius 1 is 1.13 bits per heavy atom. The maximum atomic E-state index is 13.6. The Morgan fingerprint density at radius 2 is 1.91 bits per heavy atom. The number of nitrogens with one attached hydrogen (secondary N) is 2. The normalized spacial score (nSPS) is 10.4. The van der Waals surface area contributed by atoms with Crippen LogP contribution in [0.25, 0.3) is 0 Å². The van der Waals surface area contributed by atoms with Crippen LogP contribution in [-0.4, -0.2) is 23.2 Å². The Labute approximate surface area is 130 Å². The quantitative estimate of drug-likeness (QED) is 0.539. The van der Waals surface area contributed by atoms with Crippen molar-refractivity contribution in [1.29, 1.82) is 0 Å². The van der Waals surface area contributed by atoms with E-state index in [1.807, 2.05) is 0 Å². The predicted molar refractivity (Wildman–Crippen MR) is 82.4 cm³/mol. The topological polar surface area (TPSA) is 87.4 Å². The van der Waals surface area contributed by atoms with Crippen LogP contribution in [0.4, 0.5) is 25.8 Å². The third-order valence-corrected chi connectivity index (χ3v) is 3.14. The molecule has 0 fully saturated rings. The Kier molecular flexibility index (Phi) is 5.42. The van der Waals surface area contributed by atoms with Gasteiger partial charge in [0.1, 0.15) is 0 Å². The van der Waals surface area contributed by atoms with Gasteiger partial charge in [0.05, 0.1) is 22.9 Å². The molecule has 0 saturated carbocycles. The van der Waals surface area contributed by atoms with E-state index in [1.54, 1.807) is 0 Å². The van der Waals surface area contributed by atoms with Crippen LogP contribution in [0.15, 0.2) is 36.4 Å². The first kappa shape index (κ1) is 16.6. The first-order valence-electron chi connectivity index (χ1n) is 6.83. The van der Waals surface area contributed by atoms with Crippen LogP contribution in [0.5, 0.6) is 0 Å². The molecule has 0 atom stereocenters. The molecule has 3 N–H and O–H groups in total. The van der Waals surface area contributed by atoms with Gasteiger partial charge in [-0.25, -0.2) is 8.78 Å². The number of anilines is 2. The van der Waals surface area contributed by atoms with Crippen LogP contribution in [0, 0.1) is 21.7 Å². The van der Waals surface area contributed by atoms with Crippen molar-refractivity contribution in [2.75, 3.05) is 23.8 Å². The lowest BCUT2D eigenvalue weighted by Gasteiger charge is -2.14. The molecule has 0 aliphatic carbocycles. The second-order valence-corrected chi connectivity index (χ2v) is 4.70. The summed E-state index contributed by atoms with van der Waals surface area (Å²) in [5.74, 6) is -1.92. The van der Waals surface area contributed by atoms with Gasteiger partial charge in [0.25, 0.3) is 5.69 Å². The van der Waals surface area contributed by atoms with Crippen LogP contribution in [0.3, 0.4) is 0 Å². The molecule has 2 aromatic rings. The standard InChI is InChI=1S/C15H15F2N3O3/c16-12-3-1-2-10(15(12)17)9-19-14-8-11(20(22)23)4-5-13(14)18-6-7-21/h1-5,8,18-19,21H,6-7,9H2. The molecule has 0 amide bonds. The molecule has 2 aromatic carbocycles. The van der Waals surface area contributed by atoms with Gasteiger partial charge in [0.2, 0.25) is 0 Å². The number of benzene rings is 2. The number of non-ortho nitro benzene ring substituents is 1. The molecular formula is C15H15F2N3O3. The van der Waals surface area contributed by atoms with Gasteiger partial charge >= 0.3 is 0 Å². The number of halogens is 2. The van der Waals surface area contributed by atoms with E-state index in [0.29, 0.717) is 11.4 Å². The Balaban J connectivity index is 2.23. The fourth-order valence-corrected chi connectivity index (χ4v) is 2.01. The van der Waals surface area contributed by atoms with Crippen LogP contribution >= 0.6 is 0 Å². The fraction of sp³-hybridized carbons (Fsp3) is 0.200. The number of aliphatic hydroxyl groups is 1. The lowest BCUT2D eigenvalue weighted by atomic mass is 10.2. The molecule has 0 aliphatic rings. The Morgan fingerprint density at radius 3 is 2.61 bits per heavy atom. The molecule has 122 valence electrons. The van der Waals surface area contributed by atoms with Gasteiger partial charge in [0, 0.05) is 30.8 Å². The van der Waals surface area contributed by atoms with Crippen molar-refractivity contribution in [1.82, 2.24) is 0 Å². The average Bonchev–Trinajstić information content (AvgIpc) is 2.54. The summed E-state index contributed by atoms with van der Waals surface area (Å²) >= 11 is 0. The molecule has 6 nitrogen and oxygen atoms in total. The lowest BCUT2D eigenvalue weighted by molar-refractivity contribution is -0.384. The van der Waals surface area contributed by atoms with Gasteiger partial charge in [-0.3, -0.25) is 10.1 Å². The fourth-order valence-electron chi connectivity index (χ4n) is 2.01. The SMILES string of the molecule is O=[N+]([O-])c1ccc(NCCO)c(NCc2cccc(F)c2F)c1. The maximum absolute atomic E-state index is 13.6. The summed E-state index contributed by atoms with van der Waals surface area (Å²) in [5.41, 5.74) is 0.837. The van der Waals surface area contributed by atoms with E-state index >= 15 is 0 Å². The molecule has 0 heterocycles. The molecule has 2 rings (SSSR count). The molecule has 23 heavy (non-hydrogen) atoms. The minimum absolute atomic E-state index is 0.0431. The van der Waals surface area contributed by atoms with Crippen molar-refractivity contribution in [3.8, 4) is 0 Å². The molecule has 0 aromatic heterocycles. The molecule has 0 saturated heterocycles. The first-order chi connectivity index (χ1) is 11.0. The summed E-state index contributed by atoms with van der Waals surface area (Å²) in [6.07, 6.45) is 0. The molecule has 0 spiro atoms. The molecule has 0 radical (unpaired) electrons. The van der Waals surface area contributed by atoms with Crippen LogP contribution < -0.4 is 10.6 Å². The van der Waals surface area contributed by atoms with E-state index in [-0.39, 0.29) is 30.9 Å². The smallest absolute Gasteiger partial charge is 0.271 e. The van der Waals surface area contributed by atoms with E-state index < -0.39 is 16.6 Å². The van der Waals surface area contributed by atoms with Gasteiger partial charge in [-0.2, -0.15) is 0 Å². The molecule has 0 bridgehead atoms. The van der Waals surface area contributed by atoms with Crippen LogP contribution in [-0.2, 0) is 6.54 Å². The van der Waals surface area contributed by atoms with Crippen molar-refractivity contribution < 1.29 is 18.8 Å². The molecule has 0 aliphatic heterocycles. The number of hydrogen-bond donors (Lipinski definition) is 3. The van der Waals surface area contributed by atoms with Crippen LogP contribution in [0.2, 0.25) is 0 Å². The van der Waals surface area contributed by atoms with E-state index in [1.165, 1.54) is 30.3 Å². The van der Waals surface area contributed by atoms with Gasteiger partial charge in [-0.15, -0.1) is 0 Å². The van der Waals surface area contributed by atoms with Gasteiger partial charge in [0.15, 0.2) is 11.6 Å².